The summed E-state index contributed by atoms with van der Waals surface area (Å²) in [5.41, 5.74) is 0. The largest absolute Gasteiger partial charge is 0.475 e. The molecule has 0 saturated carbocycles. The summed E-state index contributed by atoms with van der Waals surface area (Å²) < 4.78 is 10.4. The van der Waals surface area contributed by atoms with Crippen LogP contribution in [0.2, 0.25) is 0 Å². The van der Waals surface area contributed by atoms with Crippen LogP contribution in [0.5, 0.6) is 0 Å². The number of aliphatic hydroxyl groups is 1. The quantitative estimate of drug-likeness (QED) is 0.814. The summed E-state index contributed by atoms with van der Waals surface area (Å²) >= 11 is 0. The predicted molar refractivity (Wildman–Crippen MR) is 54.2 cm³/mol. The van der Waals surface area contributed by atoms with E-state index < -0.39 is 12.1 Å². The Balaban J connectivity index is 1.96. The van der Waals surface area contributed by atoms with Gasteiger partial charge in [0.05, 0.1) is 6.10 Å². The van der Waals surface area contributed by atoms with Crippen LogP contribution >= 0.6 is 0 Å². The van der Waals surface area contributed by atoms with Gasteiger partial charge in [-0.3, -0.25) is 0 Å². The van der Waals surface area contributed by atoms with E-state index in [0.717, 1.165) is 19.4 Å². The fourth-order valence-corrected chi connectivity index (χ4v) is 1.84. The van der Waals surface area contributed by atoms with Crippen LogP contribution in [-0.4, -0.2) is 28.9 Å². The number of rotatable bonds is 4. The molecule has 2 atom stereocenters. The third-order valence-corrected chi connectivity index (χ3v) is 2.68. The molecule has 1 fully saturated rings. The first-order valence-corrected chi connectivity index (χ1v) is 5.29. The normalized spacial score (nSPS) is 22.2. The predicted octanol–water partition coefficient (Wildman–Crippen LogP) is 1.58. The summed E-state index contributed by atoms with van der Waals surface area (Å²) in [6, 6.07) is 2.83. The minimum atomic E-state index is -1.13. The van der Waals surface area contributed by atoms with Crippen molar-refractivity contribution in [1.29, 1.82) is 0 Å². The standard InChI is InChI=1S/C11H14O5/c12-8(6-7-2-1-5-15-7)9-3-4-10(16-9)11(13)14/h3-4,7-8,12H,1-2,5-6H2,(H,13,14). The van der Waals surface area contributed by atoms with E-state index in [0.29, 0.717) is 6.42 Å². The Hall–Kier alpha value is -1.33. The molecule has 16 heavy (non-hydrogen) atoms. The maximum absolute atomic E-state index is 10.6. The molecule has 0 spiro atoms. The molecule has 0 aromatic carbocycles. The van der Waals surface area contributed by atoms with Gasteiger partial charge in [0, 0.05) is 13.0 Å². The molecule has 5 heteroatoms. The number of hydrogen-bond donors (Lipinski definition) is 2. The van der Waals surface area contributed by atoms with Gasteiger partial charge in [-0.15, -0.1) is 0 Å². The number of carboxylic acid groups (broad SMARTS) is 1. The second kappa shape index (κ2) is 4.67. The first-order valence-electron chi connectivity index (χ1n) is 5.29. The van der Waals surface area contributed by atoms with E-state index in [1.54, 1.807) is 0 Å². The molecule has 2 heterocycles. The molecule has 0 bridgehead atoms. The van der Waals surface area contributed by atoms with Gasteiger partial charge in [-0.1, -0.05) is 0 Å². The molecule has 0 amide bonds. The van der Waals surface area contributed by atoms with E-state index >= 15 is 0 Å². The van der Waals surface area contributed by atoms with E-state index in [4.69, 9.17) is 14.3 Å². The van der Waals surface area contributed by atoms with Gasteiger partial charge in [-0.05, 0) is 25.0 Å². The summed E-state index contributed by atoms with van der Waals surface area (Å²) in [5, 5.41) is 18.5. The summed E-state index contributed by atoms with van der Waals surface area (Å²) in [6.07, 6.45) is 1.65. The van der Waals surface area contributed by atoms with E-state index in [-0.39, 0.29) is 17.6 Å². The van der Waals surface area contributed by atoms with Gasteiger partial charge in [0.15, 0.2) is 0 Å². The lowest BCUT2D eigenvalue weighted by molar-refractivity contribution is 0.0431. The highest BCUT2D eigenvalue weighted by Gasteiger charge is 2.23. The van der Waals surface area contributed by atoms with Gasteiger partial charge in [-0.25, -0.2) is 4.79 Å². The van der Waals surface area contributed by atoms with Crippen molar-refractivity contribution < 1.29 is 24.2 Å². The SMILES string of the molecule is O=C(O)c1ccc(C(O)CC2CCCO2)o1. The van der Waals surface area contributed by atoms with Crippen LogP contribution < -0.4 is 0 Å². The molecule has 2 N–H and O–H groups in total. The first kappa shape index (κ1) is 11.2. The zero-order chi connectivity index (χ0) is 11.5. The Morgan fingerprint density at radius 1 is 1.56 bits per heavy atom. The molecule has 2 unspecified atom stereocenters. The van der Waals surface area contributed by atoms with Gasteiger partial charge in [0.1, 0.15) is 11.9 Å². The average molecular weight is 226 g/mol. The van der Waals surface area contributed by atoms with Crippen LogP contribution in [0.1, 0.15) is 41.7 Å². The van der Waals surface area contributed by atoms with Gasteiger partial charge in [-0.2, -0.15) is 0 Å². The molecule has 2 rings (SSSR count). The number of carbonyl (C=O) groups is 1. The van der Waals surface area contributed by atoms with Crippen LogP contribution in [0.15, 0.2) is 16.5 Å². The lowest BCUT2D eigenvalue weighted by atomic mass is 10.1. The van der Waals surface area contributed by atoms with Crippen molar-refractivity contribution in [2.24, 2.45) is 0 Å². The molecule has 1 aromatic heterocycles. The van der Waals surface area contributed by atoms with Crippen molar-refractivity contribution >= 4 is 5.97 Å². The van der Waals surface area contributed by atoms with Crippen molar-refractivity contribution in [3.05, 3.63) is 23.7 Å². The van der Waals surface area contributed by atoms with Gasteiger partial charge in [0.2, 0.25) is 5.76 Å². The highest BCUT2D eigenvalue weighted by molar-refractivity contribution is 5.84. The molecular weight excluding hydrogens is 212 g/mol. The summed E-state index contributed by atoms with van der Waals surface area (Å²) in [5.74, 6) is -0.996. The Morgan fingerprint density at radius 3 is 2.94 bits per heavy atom. The van der Waals surface area contributed by atoms with E-state index in [2.05, 4.69) is 0 Å². The zero-order valence-electron chi connectivity index (χ0n) is 8.76. The number of aliphatic hydroxyl groups excluding tert-OH is 1. The van der Waals surface area contributed by atoms with Crippen LogP contribution in [0.3, 0.4) is 0 Å². The minimum absolute atomic E-state index is 0.0494. The van der Waals surface area contributed by atoms with Gasteiger partial charge < -0.3 is 19.4 Å². The van der Waals surface area contributed by atoms with Crippen LogP contribution in [0.25, 0.3) is 0 Å². The fraction of sp³-hybridized carbons (Fsp3) is 0.545. The van der Waals surface area contributed by atoms with Gasteiger partial charge in [0.25, 0.3) is 0 Å². The van der Waals surface area contributed by atoms with Crippen molar-refractivity contribution in [1.82, 2.24) is 0 Å². The maximum atomic E-state index is 10.6. The monoisotopic (exact) mass is 226 g/mol. The highest BCUT2D eigenvalue weighted by atomic mass is 16.5. The molecule has 1 saturated heterocycles. The fourth-order valence-electron chi connectivity index (χ4n) is 1.84. The third-order valence-electron chi connectivity index (χ3n) is 2.68. The number of carboxylic acids is 1. The molecule has 88 valence electrons. The lowest BCUT2D eigenvalue weighted by Gasteiger charge is -2.12. The van der Waals surface area contributed by atoms with E-state index in [1.807, 2.05) is 0 Å². The van der Waals surface area contributed by atoms with E-state index in [1.165, 1.54) is 12.1 Å². The van der Waals surface area contributed by atoms with E-state index in [9.17, 15) is 9.90 Å². The lowest BCUT2D eigenvalue weighted by Crippen LogP contribution is -2.10. The second-order valence-electron chi connectivity index (χ2n) is 3.89. The first-order chi connectivity index (χ1) is 7.66. The molecule has 5 nitrogen and oxygen atoms in total. The number of aromatic carboxylic acids is 1. The number of ether oxygens (including phenoxy) is 1. The second-order valence-corrected chi connectivity index (χ2v) is 3.89. The Kier molecular flexibility index (Phi) is 3.26. The smallest absolute Gasteiger partial charge is 0.371 e. The van der Waals surface area contributed by atoms with Crippen molar-refractivity contribution in [3.8, 4) is 0 Å². The molecule has 1 aromatic rings. The van der Waals surface area contributed by atoms with Crippen molar-refractivity contribution in [3.63, 3.8) is 0 Å². The Morgan fingerprint density at radius 2 is 2.38 bits per heavy atom. The number of furan rings is 1. The van der Waals surface area contributed by atoms with Crippen LogP contribution in [-0.2, 0) is 4.74 Å². The summed E-state index contributed by atoms with van der Waals surface area (Å²) in [4.78, 5) is 10.6. The zero-order valence-corrected chi connectivity index (χ0v) is 8.76. The summed E-state index contributed by atoms with van der Waals surface area (Å²) in [6.45, 7) is 0.732. The minimum Gasteiger partial charge on any atom is -0.475 e. The third kappa shape index (κ3) is 2.43. The van der Waals surface area contributed by atoms with Gasteiger partial charge >= 0.3 is 5.97 Å². The molecule has 1 aliphatic heterocycles. The molecule has 0 radical (unpaired) electrons. The average Bonchev–Trinajstić information content (AvgIpc) is 2.86. The van der Waals surface area contributed by atoms with Crippen LogP contribution in [0.4, 0.5) is 0 Å². The highest BCUT2D eigenvalue weighted by Crippen LogP contribution is 2.26. The maximum Gasteiger partial charge on any atom is 0.371 e. The Labute approximate surface area is 92.6 Å². The molecule has 0 aliphatic carbocycles. The molecule has 1 aliphatic rings. The number of hydrogen-bond acceptors (Lipinski definition) is 4. The van der Waals surface area contributed by atoms with Crippen LogP contribution in [0, 0.1) is 0 Å². The topological polar surface area (TPSA) is 79.9 Å². The van der Waals surface area contributed by atoms with Crippen molar-refractivity contribution in [2.75, 3.05) is 6.61 Å². The summed E-state index contributed by atoms with van der Waals surface area (Å²) in [7, 11) is 0. The Bertz CT molecular complexity index is 364. The van der Waals surface area contributed by atoms with Crippen molar-refractivity contribution in [2.45, 2.75) is 31.5 Å². The molecular formula is C11H14O5.